The average molecular weight is 385 g/mol. The molecule has 5 nitrogen and oxygen atoms in total. The average Bonchev–Trinajstić information content (AvgIpc) is 3.31. The van der Waals surface area contributed by atoms with E-state index in [1.807, 2.05) is 35.2 Å². The lowest BCUT2D eigenvalue weighted by molar-refractivity contribution is -0.122. The summed E-state index contributed by atoms with van der Waals surface area (Å²) in [5.41, 5.74) is 3.26. The van der Waals surface area contributed by atoms with Gasteiger partial charge in [0.25, 0.3) is 0 Å². The molecule has 0 unspecified atom stereocenters. The second kappa shape index (κ2) is 7.35. The van der Waals surface area contributed by atoms with E-state index in [1.165, 1.54) is 0 Å². The quantitative estimate of drug-likeness (QED) is 0.855. The van der Waals surface area contributed by atoms with Gasteiger partial charge in [0.1, 0.15) is 0 Å². The van der Waals surface area contributed by atoms with Gasteiger partial charge in [-0.15, -0.1) is 0 Å². The van der Waals surface area contributed by atoms with E-state index in [2.05, 4.69) is 4.72 Å². The molecule has 1 saturated carbocycles. The van der Waals surface area contributed by atoms with Crippen molar-refractivity contribution in [2.75, 3.05) is 16.2 Å². The summed E-state index contributed by atoms with van der Waals surface area (Å²) in [4.78, 5) is 14.6. The van der Waals surface area contributed by atoms with Crippen LogP contribution in [0.4, 0.5) is 11.4 Å². The maximum absolute atomic E-state index is 12.7. The van der Waals surface area contributed by atoms with E-state index in [0.29, 0.717) is 12.2 Å². The molecule has 1 fully saturated rings. The Hall–Kier alpha value is -2.34. The molecule has 27 heavy (non-hydrogen) atoms. The van der Waals surface area contributed by atoms with Crippen LogP contribution >= 0.6 is 0 Å². The number of anilines is 2. The molecule has 2 aromatic carbocycles. The van der Waals surface area contributed by atoms with Crippen LogP contribution in [0.25, 0.3) is 0 Å². The Morgan fingerprint density at radius 3 is 2.56 bits per heavy atom. The van der Waals surface area contributed by atoms with Crippen LogP contribution in [0.2, 0.25) is 0 Å². The zero-order valence-corrected chi connectivity index (χ0v) is 16.0. The maximum atomic E-state index is 12.7. The highest BCUT2D eigenvalue weighted by Gasteiger charge is 2.31. The van der Waals surface area contributed by atoms with Crippen molar-refractivity contribution in [2.45, 2.75) is 37.9 Å². The van der Waals surface area contributed by atoms with Gasteiger partial charge in [0, 0.05) is 23.8 Å². The number of carbonyl (C=O) groups excluding carboxylic acids is 1. The summed E-state index contributed by atoms with van der Waals surface area (Å²) in [6, 6.07) is 14.6. The Morgan fingerprint density at radius 2 is 1.81 bits per heavy atom. The Labute approximate surface area is 160 Å². The number of benzene rings is 2. The molecule has 1 N–H and O–H groups in total. The van der Waals surface area contributed by atoms with Gasteiger partial charge in [0.15, 0.2) is 0 Å². The summed E-state index contributed by atoms with van der Waals surface area (Å²) in [6.07, 6.45) is 5.02. The molecule has 0 radical (unpaired) electrons. The third-order valence-electron chi connectivity index (χ3n) is 5.42. The van der Waals surface area contributed by atoms with E-state index in [9.17, 15) is 13.2 Å². The van der Waals surface area contributed by atoms with E-state index in [0.717, 1.165) is 48.9 Å². The molecular formula is C21H24N2O3S. The van der Waals surface area contributed by atoms with E-state index < -0.39 is 10.0 Å². The summed E-state index contributed by atoms with van der Waals surface area (Å²) in [5, 5.41) is 0. The zero-order chi connectivity index (χ0) is 18.9. The minimum atomic E-state index is -3.48. The van der Waals surface area contributed by atoms with Crippen molar-refractivity contribution < 1.29 is 13.2 Å². The summed E-state index contributed by atoms with van der Waals surface area (Å²) in [6.45, 7) is 0.685. The van der Waals surface area contributed by atoms with Gasteiger partial charge in [-0.05, 0) is 48.6 Å². The molecule has 1 aliphatic heterocycles. The molecule has 1 aliphatic carbocycles. The number of hydrogen-bond acceptors (Lipinski definition) is 3. The summed E-state index contributed by atoms with van der Waals surface area (Å²) >= 11 is 0. The molecule has 0 bridgehead atoms. The number of nitrogens with zero attached hydrogens (tertiary/aromatic N) is 1. The van der Waals surface area contributed by atoms with Crippen molar-refractivity contribution in [3.63, 3.8) is 0 Å². The maximum Gasteiger partial charge on any atom is 0.236 e. The van der Waals surface area contributed by atoms with Crippen molar-refractivity contribution in [3.05, 3.63) is 59.7 Å². The molecule has 0 spiro atoms. The van der Waals surface area contributed by atoms with Crippen LogP contribution in [-0.4, -0.2) is 20.9 Å². The molecule has 4 rings (SSSR count). The van der Waals surface area contributed by atoms with Gasteiger partial charge >= 0.3 is 0 Å². The second-order valence-corrected chi connectivity index (χ2v) is 9.13. The number of hydrogen-bond donors (Lipinski definition) is 1. The SMILES string of the molecule is O=C(C1CCCC1)N1CCc2cc(NS(=O)(=O)Cc3ccccc3)ccc21. The van der Waals surface area contributed by atoms with Crippen molar-refractivity contribution in [2.24, 2.45) is 5.92 Å². The number of sulfonamides is 1. The van der Waals surface area contributed by atoms with Crippen LogP contribution in [0.1, 0.15) is 36.8 Å². The van der Waals surface area contributed by atoms with Crippen LogP contribution in [0.3, 0.4) is 0 Å². The lowest BCUT2D eigenvalue weighted by Gasteiger charge is -2.21. The fraction of sp³-hybridized carbons (Fsp3) is 0.381. The summed E-state index contributed by atoms with van der Waals surface area (Å²) in [7, 11) is -3.48. The van der Waals surface area contributed by atoms with Gasteiger partial charge in [0.2, 0.25) is 15.9 Å². The Bertz CT molecular complexity index is 935. The van der Waals surface area contributed by atoms with E-state index >= 15 is 0 Å². The fourth-order valence-corrected chi connectivity index (χ4v) is 5.29. The first kappa shape index (κ1) is 18.0. The predicted molar refractivity (Wildman–Crippen MR) is 107 cm³/mol. The fourth-order valence-electron chi connectivity index (χ4n) is 4.10. The normalized spacial score (nSPS) is 17.1. The number of nitrogens with one attached hydrogen (secondary N) is 1. The van der Waals surface area contributed by atoms with Crippen LogP contribution in [0, 0.1) is 5.92 Å². The minimum Gasteiger partial charge on any atom is -0.312 e. The van der Waals surface area contributed by atoms with Gasteiger partial charge in [-0.2, -0.15) is 0 Å². The second-order valence-electron chi connectivity index (χ2n) is 7.41. The molecule has 2 aromatic rings. The van der Waals surface area contributed by atoms with Gasteiger partial charge in [0.05, 0.1) is 5.75 Å². The molecule has 142 valence electrons. The first-order chi connectivity index (χ1) is 13.0. The Kier molecular flexibility index (Phi) is 4.91. The predicted octanol–water partition coefficient (Wildman–Crippen LogP) is 3.71. The topological polar surface area (TPSA) is 66.5 Å². The van der Waals surface area contributed by atoms with Crippen LogP contribution in [0.5, 0.6) is 0 Å². The third kappa shape index (κ3) is 4.00. The molecular weight excluding hydrogens is 360 g/mol. The first-order valence-corrected chi connectivity index (χ1v) is 11.2. The highest BCUT2D eigenvalue weighted by molar-refractivity contribution is 7.91. The van der Waals surface area contributed by atoms with Gasteiger partial charge in [-0.3, -0.25) is 9.52 Å². The van der Waals surface area contributed by atoms with Crippen molar-refractivity contribution in [3.8, 4) is 0 Å². The van der Waals surface area contributed by atoms with E-state index in [1.54, 1.807) is 18.2 Å². The third-order valence-corrected chi connectivity index (χ3v) is 6.68. The number of amides is 1. The molecule has 0 aromatic heterocycles. The highest BCUT2D eigenvalue weighted by atomic mass is 32.2. The lowest BCUT2D eigenvalue weighted by Crippen LogP contribution is -2.33. The largest absolute Gasteiger partial charge is 0.312 e. The van der Waals surface area contributed by atoms with Gasteiger partial charge in [-0.1, -0.05) is 43.2 Å². The standard InChI is InChI=1S/C21H24N2O3S/c24-21(17-8-4-5-9-17)23-13-12-18-14-19(10-11-20(18)23)22-27(25,26)15-16-6-2-1-3-7-16/h1-3,6-7,10-11,14,17,22H,4-5,8-9,12-13,15H2. The highest BCUT2D eigenvalue weighted by Crippen LogP contribution is 2.35. The van der Waals surface area contributed by atoms with E-state index in [4.69, 9.17) is 0 Å². The van der Waals surface area contributed by atoms with Crippen molar-refractivity contribution >= 4 is 27.3 Å². The molecule has 2 aliphatic rings. The van der Waals surface area contributed by atoms with E-state index in [-0.39, 0.29) is 17.6 Å². The monoisotopic (exact) mass is 384 g/mol. The van der Waals surface area contributed by atoms with Crippen molar-refractivity contribution in [1.82, 2.24) is 0 Å². The molecule has 6 heteroatoms. The lowest BCUT2D eigenvalue weighted by atomic mass is 10.1. The van der Waals surface area contributed by atoms with Crippen LogP contribution in [-0.2, 0) is 27.0 Å². The molecule has 1 amide bonds. The van der Waals surface area contributed by atoms with Gasteiger partial charge < -0.3 is 4.90 Å². The van der Waals surface area contributed by atoms with Crippen LogP contribution in [0.15, 0.2) is 48.5 Å². The first-order valence-electron chi connectivity index (χ1n) is 9.50. The molecule has 0 saturated heterocycles. The molecule has 1 heterocycles. The number of rotatable bonds is 5. The number of fused-ring (bicyclic) bond motifs is 1. The zero-order valence-electron chi connectivity index (χ0n) is 15.2. The van der Waals surface area contributed by atoms with Gasteiger partial charge in [-0.25, -0.2) is 8.42 Å². The smallest absolute Gasteiger partial charge is 0.236 e. The minimum absolute atomic E-state index is 0.0583. The Morgan fingerprint density at radius 1 is 1.07 bits per heavy atom. The number of carbonyl (C=O) groups is 1. The molecule has 0 atom stereocenters. The summed E-state index contributed by atoms with van der Waals surface area (Å²) < 4.78 is 27.5. The van der Waals surface area contributed by atoms with Crippen molar-refractivity contribution in [1.29, 1.82) is 0 Å². The summed E-state index contributed by atoms with van der Waals surface area (Å²) in [5.74, 6) is 0.320. The van der Waals surface area contributed by atoms with Crippen LogP contribution < -0.4 is 9.62 Å². The Balaban J connectivity index is 1.48.